The number of likely N-dealkylation sites (tertiary alicyclic amines) is 1. The van der Waals surface area contributed by atoms with Crippen LogP contribution in [0.15, 0.2) is 0 Å². The summed E-state index contributed by atoms with van der Waals surface area (Å²) in [4.78, 5) is 26.4. The average molecular weight is 358 g/mol. The molecule has 1 heterocycles. The van der Waals surface area contributed by atoms with Gasteiger partial charge in [0.05, 0.1) is 0 Å². The molecule has 0 aromatic heterocycles. The molecule has 0 spiro atoms. The molecule has 5 nitrogen and oxygen atoms in total. The van der Waals surface area contributed by atoms with E-state index < -0.39 is 0 Å². The second-order valence-corrected chi connectivity index (χ2v) is 7.84. The van der Waals surface area contributed by atoms with Crippen molar-refractivity contribution in [1.29, 1.82) is 0 Å². The number of nitrogens with two attached hydrogens (primary N) is 1. The van der Waals surface area contributed by atoms with Gasteiger partial charge in [0.2, 0.25) is 11.8 Å². The Labute approximate surface area is 151 Å². The molecule has 2 unspecified atom stereocenters. The highest BCUT2D eigenvalue weighted by Crippen LogP contribution is 2.42. The minimum atomic E-state index is 0. The second kappa shape index (κ2) is 8.52. The van der Waals surface area contributed by atoms with E-state index in [1.54, 1.807) is 7.05 Å². The van der Waals surface area contributed by atoms with Crippen LogP contribution in [-0.4, -0.2) is 42.9 Å². The van der Waals surface area contributed by atoms with Crippen LogP contribution in [0.1, 0.15) is 51.4 Å². The molecule has 2 amide bonds. The fourth-order valence-electron chi connectivity index (χ4n) is 4.97. The number of rotatable bonds is 3. The molecule has 0 aromatic rings. The first-order valence-corrected chi connectivity index (χ1v) is 9.33. The van der Waals surface area contributed by atoms with Gasteiger partial charge in [-0.15, -0.1) is 12.4 Å². The maximum absolute atomic E-state index is 12.9. The van der Waals surface area contributed by atoms with Gasteiger partial charge in [0.1, 0.15) is 0 Å². The zero-order valence-corrected chi connectivity index (χ0v) is 15.5. The molecule has 138 valence electrons. The van der Waals surface area contributed by atoms with E-state index in [4.69, 9.17) is 5.73 Å². The number of carbonyl (C=O) groups excluding carboxylic acids is 2. The van der Waals surface area contributed by atoms with Gasteiger partial charge >= 0.3 is 0 Å². The van der Waals surface area contributed by atoms with Crippen molar-refractivity contribution in [3.8, 4) is 0 Å². The summed E-state index contributed by atoms with van der Waals surface area (Å²) in [5.74, 6) is 2.21. The summed E-state index contributed by atoms with van der Waals surface area (Å²) >= 11 is 0. The van der Waals surface area contributed by atoms with E-state index in [0.29, 0.717) is 36.1 Å². The number of hydrogen-bond donors (Lipinski definition) is 2. The molecule has 1 aliphatic heterocycles. The van der Waals surface area contributed by atoms with Crippen LogP contribution in [0.4, 0.5) is 0 Å². The summed E-state index contributed by atoms with van der Waals surface area (Å²) < 4.78 is 0. The molecular weight excluding hydrogens is 326 g/mol. The van der Waals surface area contributed by atoms with Crippen LogP contribution >= 0.6 is 12.4 Å². The number of halogens is 1. The van der Waals surface area contributed by atoms with Crippen molar-refractivity contribution >= 4 is 24.2 Å². The molecule has 3 rings (SSSR count). The van der Waals surface area contributed by atoms with Crippen molar-refractivity contribution in [1.82, 2.24) is 10.2 Å². The summed E-state index contributed by atoms with van der Waals surface area (Å²) in [6.45, 7) is 1.64. The predicted molar refractivity (Wildman–Crippen MR) is 96.8 cm³/mol. The van der Waals surface area contributed by atoms with Crippen LogP contribution in [0.3, 0.4) is 0 Å². The molecule has 1 saturated heterocycles. The topological polar surface area (TPSA) is 75.4 Å². The van der Waals surface area contributed by atoms with Gasteiger partial charge < -0.3 is 16.0 Å². The van der Waals surface area contributed by atoms with Gasteiger partial charge in [-0.3, -0.25) is 9.59 Å². The summed E-state index contributed by atoms with van der Waals surface area (Å²) in [5.41, 5.74) is 6.34. The van der Waals surface area contributed by atoms with Crippen molar-refractivity contribution in [2.24, 2.45) is 29.4 Å². The lowest BCUT2D eigenvalue weighted by Gasteiger charge is -2.45. The van der Waals surface area contributed by atoms with Crippen molar-refractivity contribution in [2.75, 3.05) is 20.1 Å². The Kier molecular flexibility index (Phi) is 6.93. The van der Waals surface area contributed by atoms with E-state index in [1.807, 2.05) is 0 Å². The van der Waals surface area contributed by atoms with Crippen LogP contribution in [0, 0.1) is 23.7 Å². The third kappa shape index (κ3) is 4.23. The van der Waals surface area contributed by atoms with Gasteiger partial charge in [-0.1, -0.05) is 6.42 Å². The Morgan fingerprint density at radius 1 is 1.08 bits per heavy atom. The normalized spacial score (nSPS) is 33.5. The average Bonchev–Trinajstić information content (AvgIpc) is 2.54. The lowest BCUT2D eigenvalue weighted by Crippen LogP contribution is -2.50. The maximum Gasteiger partial charge on any atom is 0.225 e. The van der Waals surface area contributed by atoms with E-state index in [9.17, 15) is 9.59 Å². The van der Waals surface area contributed by atoms with E-state index in [2.05, 4.69) is 10.2 Å². The van der Waals surface area contributed by atoms with Crippen molar-refractivity contribution < 1.29 is 9.59 Å². The Bertz CT molecular complexity index is 438. The van der Waals surface area contributed by atoms with Crippen LogP contribution < -0.4 is 11.1 Å². The Hall–Kier alpha value is -0.810. The van der Waals surface area contributed by atoms with Gasteiger partial charge in [-0.25, -0.2) is 0 Å². The van der Waals surface area contributed by atoms with Crippen molar-refractivity contribution in [2.45, 2.75) is 57.4 Å². The van der Waals surface area contributed by atoms with Crippen LogP contribution in [-0.2, 0) is 9.59 Å². The number of nitrogens with one attached hydrogen (secondary N) is 1. The summed E-state index contributed by atoms with van der Waals surface area (Å²) in [6, 6.07) is 0.325. The highest BCUT2D eigenvalue weighted by molar-refractivity contribution is 5.85. The maximum atomic E-state index is 12.9. The Morgan fingerprint density at radius 3 is 2.21 bits per heavy atom. The molecule has 2 aliphatic carbocycles. The first kappa shape index (κ1) is 19.5. The van der Waals surface area contributed by atoms with Gasteiger partial charge in [-0.05, 0) is 56.3 Å². The minimum Gasteiger partial charge on any atom is -0.359 e. The number of fused-ring (bicyclic) bond motifs is 2. The zero-order chi connectivity index (χ0) is 16.4. The first-order valence-electron chi connectivity index (χ1n) is 9.33. The third-order valence-electron chi connectivity index (χ3n) is 6.44. The molecule has 0 radical (unpaired) electrons. The number of amides is 2. The number of hydrogen-bond acceptors (Lipinski definition) is 3. The molecule has 6 heteroatoms. The van der Waals surface area contributed by atoms with Crippen molar-refractivity contribution in [3.05, 3.63) is 0 Å². The lowest BCUT2D eigenvalue weighted by atomic mass is 9.65. The highest BCUT2D eigenvalue weighted by atomic mass is 35.5. The molecule has 24 heavy (non-hydrogen) atoms. The fraction of sp³-hybridized carbons (Fsp3) is 0.889. The smallest absolute Gasteiger partial charge is 0.225 e. The molecule has 3 N–H and O–H groups in total. The summed E-state index contributed by atoms with van der Waals surface area (Å²) in [5, 5.41) is 2.69. The standard InChI is InChI=1S/C18H31N3O2.ClH/c1-20-16(22)9-12-5-7-21(8-6-12)18(23)15-10-13-3-2-4-14(11-15)17(13)19;/h12-15,17H,2-11,19H2,1H3,(H,20,22);1H. The minimum absolute atomic E-state index is 0. The number of nitrogens with zero attached hydrogens (tertiary/aromatic N) is 1. The van der Waals surface area contributed by atoms with Crippen LogP contribution in [0.25, 0.3) is 0 Å². The van der Waals surface area contributed by atoms with Gasteiger partial charge in [0.25, 0.3) is 0 Å². The highest BCUT2D eigenvalue weighted by Gasteiger charge is 2.42. The van der Waals surface area contributed by atoms with Gasteiger partial charge in [0.15, 0.2) is 0 Å². The number of piperidine rings is 1. The fourth-order valence-corrected chi connectivity index (χ4v) is 4.97. The molecular formula is C18H32ClN3O2. The van der Waals surface area contributed by atoms with Gasteiger partial charge in [0, 0.05) is 38.5 Å². The molecule has 3 fully saturated rings. The molecule has 2 atom stereocenters. The molecule has 2 bridgehead atoms. The van der Waals surface area contributed by atoms with E-state index in [0.717, 1.165) is 38.8 Å². The number of carbonyl (C=O) groups is 2. The van der Waals surface area contributed by atoms with Gasteiger partial charge in [-0.2, -0.15) is 0 Å². The second-order valence-electron chi connectivity index (χ2n) is 7.84. The molecule has 0 aromatic carbocycles. The largest absolute Gasteiger partial charge is 0.359 e. The molecule has 3 aliphatic rings. The third-order valence-corrected chi connectivity index (χ3v) is 6.44. The van der Waals surface area contributed by atoms with E-state index in [-0.39, 0.29) is 24.2 Å². The summed E-state index contributed by atoms with van der Waals surface area (Å²) in [7, 11) is 1.69. The van der Waals surface area contributed by atoms with Crippen molar-refractivity contribution in [3.63, 3.8) is 0 Å². The predicted octanol–water partition coefficient (Wildman–Crippen LogP) is 1.94. The van der Waals surface area contributed by atoms with Crippen LogP contribution in [0.5, 0.6) is 0 Å². The SMILES string of the molecule is CNC(=O)CC1CCN(C(=O)C2CC3CCCC(C2)C3N)CC1.Cl. The monoisotopic (exact) mass is 357 g/mol. The zero-order valence-electron chi connectivity index (χ0n) is 14.7. The Balaban J connectivity index is 0.00000208. The lowest BCUT2D eigenvalue weighted by molar-refractivity contribution is -0.140. The van der Waals surface area contributed by atoms with E-state index in [1.165, 1.54) is 19.3 Å². The summed E-state index contributed by atoms with van der Waals surface area (Å²) in [6.07, 6.45) is 8.20. The first-order chi connectivity index (χ1) is 11.1. The van der Waals surface area contributed by atoms with Crippen LogP contribution in [0.2, 0.25) is 0 Å². The quantitative estimate of drug-likeness (QED) is 0.810. The molecule has 2 saturated carbocycles. The Morgan fingerprint density at radius 2 is 1.67 bits per heavy atom. The van der Waals surface area contributed by atoms with E-state index >= 15 is 0 Å².